The Labute approximate surface area is 127 Å². The standard InChI is InChI=1S/C18H26N2O/c1-4-20-16-8-6-5-7-15(16)19-17(20)12-18(21)10-13(2)9-14(3)11-18/h5-8,13-14,21H,4,9-12H2,1-3H3. The number of imidazole rings is 1. The molecule has 0 bridgehead atoms. The molecule has 3 heteroatoms. The molecule has 1 N–H and O–H groups in total. The van der Waals surface area contributed by atoms with Crippen LogP contribution in [0.4, 0.5) is 0 Å². The lowest BCUT2D eigenvalue weighted by atomic mass is 9.72. The fourth-order valence-electron chi connectivity index (χ4n) is 4.29. The minimum atomic E-state index is -0.592. The van der Waals surface area contributed by atoms with Gasteiger partial charge in [0.1, 0.15) is 5.82 Å². The second-order valence-corrected chi connectivity index (χ2v) is 7.02. The molecule has 2 atom stereocenters. The van der Waals surface area contributed by atoms with E-state index in [4.69, 9.17) is 4.98 Å². The molecule has 114 valence electrons. The lowest BCUT2D eigenvalue weighted by Crippen LogP contribution is -2.40. The quantitative estimate of drug-likeness (QED) is 0.932. The number of aromatic nitrogens is 2. The molecule has 0 saturated heterocycles. The Morgan fingerprint density at radius 2 is 1.90 bits per heavy atom. The van der Waals surface area contributed by atoms with Gasteiger partial charge >= 0.3 is 0 Å². The topological polar surface area (TPSA) is 38.0 Å². The van der Waals surface area contributed by atoms with Gasteiger partial charge in [-0.2, -0.15) is 0 Å². The third-order valence-electron chi connectivity index (χ3n) is 4.80. The molecule has 0 aliphatic heterocycles. The Morgan fingerprint density at radius 3 is 2.57 bits per heavy atom. The third-order valence-corrected chi connectivity index (χ3v) is 4.80. The lowest BCUT2D eigenvalue weighted by Gasteiger charge is -2.38. The molecule has 3 nitrogen and oxygen atoms in total. The number of benzene rings is 1. The van der Waals surface area contributed by atoms with Gasteiger partial charge in [0.05, 0.1) is 16.6 Å². The zero-order valence-corrected chi connectivity index (χ0v) is 13.3. The van der Waals surface area contributed by atoms with Crippen LogP contribution in [0.3, 0.4) is 0 Å². The van der Waals surface area contributed by atoms with Crippen LogP contribution in [0.1, 0.15) is 45.9 Å². The maximum absolute atomic E-state index is 11.1. The van der Waals surface area contributed by atoms with Gasteiger partial charge in [0.25, 0.3) is 0 Å². The van der Waals surface area contributed by atoms with Crippen LogP contribution >= 0.6 is 0 Å². The van der Waals surface area contributed by atoms with Crippen molar-refractivity contribution >= 4 is 11.0 Å². The van der Waals surface area contributed by atoms with Gasteiger partial charge in [0.15, 0.2) is 0 Å². The molecule has 0 spiro atoms. The predicted molar refractivity (Wildman–Crippen MR) is 86.2 cm³/mol. The number of aryl methyl sites for hydroxylation is 1. The van der Waals surface area contributed by atoms with Crippen molar-refractivity contribution in [3.8, 4) is 0 Å². The summed E-state index contributed by atoms with van der Waals surface area (Å²) in [5.41, 5.74) is 1.62. The summed E-state index contributed by atoms with van der Waals surface area (Å²) in [7, 11) is 0. The van der Waals surface area contributed by atoms with Crippen molar-refractivity contribution in [1.29, 1.82) is 0 Å². The molecule has 1 saturated carbocycles. The van der Waals surface area contributed by atoms with Gasteiger partial charge in [-0.15, -0.1) is 0 Å². The molecule has 0 radical (unpaired) electrons. The van der Waals surface area contributed by atoms with Crippen LogP contribution in [0.5, 0.6) is 0 Å². The number of fused-ring (bicyclic) bond motifs is 1. The largest absolute Gasteiger partial charge is 0.389 e. The van der Waals surface area contributed by atoms with Crippen LogP contribution in [-0.4, -0.2) is 20.3 Å². The van der Waals surface area contributed by atoms with Crippen LogP contribution in [0.15, 0.2) is 24.3 Å². The molecule has 1 aliphatic carbocycles. The highest BCUT2D eigenvalue weighted by molar-refractivity contribution is 5.75. The van der Waals surface area contributed by atoms with Gasteiger partial charge in [-0.25, -0.2) is 4.98 Å². The Balaban J connectivity index is 1.93. The van der Waals surface area contributed by atoms with Crippen LogP contribution in [0, 0.1) is 11.8 Å². The first-order chi connectivity index (χ1) is 10.0. The van der Waals surface area contributed by atoms with E-state index in [1.165, 1.54) is 11.9 Å². The number of para-hydroxylation sites is 2. The highest BCUT2D eigenvalue weighted by Crippen LogP contribution is 2.38. The Hall–Kier alpha value is -1.35. The van der Waals surface area contributed by atoms with E-state index in [-0.39, 0.29) is 0 Å². The molecule has 1 aromatic carbocycles. The van der Waals surface area contributed by atoms with Gasteiger partial charge < -0.3 is 9.67 Å². The van der Waals surface area contributed by atoms with Crippen LogP contribution in [-0.2, 0) is 13.0 Å². The highest BCUT2D eigenvalue weighted by Gasteiger charge is 2.37. The van der Waals surface area contributed by atoms with E-state index in [0.717, 1.165) is 30.7 Å². The summed E-state index contributed by atoms with van der Waals surface area (Å²) in [6.45, 7) is 7.55. The Morgan fingerprint density at radius 1 is 1.24 bits per heavy atom. The number of aliphatic hydroxyl groups is 1. The number of rotatable bonds is 3. The molecule has 1 fully saturated rings. The molecule has 1 aliphatic rings. The third kappa shape index (κ3) is 2.84. The SMILES string of the molecule is CCn1c(CC2(O)CC(C)CC(C)C2)nc2ccccc21. The van der Waals surface area contributed by atoms with Gasteiger partial charge in [-0.05, 0) is 50.2 Å². The second kappa shape index (κ2) is 5.45. The summed E-state index contributed by atoms with van der Waals surface area (Å²) < 4.78 is 2.25. The van der Waals surface area contributed by atoms with Crippen LogP contribution < -0.4 is 0 Å². The first-order valence-electron chi connectivity index (χ1n) is 8.17. The van der Waals surface area contributed by atoms with Crippen LogP contribution in [0.25, 0.3) is 11.0 Å². The highest BCUT2D eigenvalue weighted by atomic mass is 16.3. The minimum Gasteiger partial charge on any atom is -0.389 e. The van der Waals surface area contributed by atoms with Crippen molar-refractivity contribution in [1.82, 2.24) is 9.55 Å². The molecule has 21 heavy (non-hydrogen) atoms. The lowest BCUT2D eigenvalue weighted by molar-refractivity contribution is -0.0323. The Bertz CT molecular complexity index is 621. The maximum atomic E-state index is 11.1. The first-order valence-corrected chi connectivity index (χ1v) is 8.17. The van der Waals surface area contributed by atoms with Gasteiger partial charge in [0, 0.05) is 13.0 Å². The molecule has 2 unspecified atom stereocenters. The minimum absolute atomic E-state index is 0.592. The van der Waals surface area contributed by atoms with E-state index < -0.39 is 5.60 Å². The number of hydrogen-bond acceptors (Lipinski definition) is 2. The molecule has 0 amide bonds. The fourth-order valence-corrected chi connectivity index (χ4v) is 4.29. The molecule has 1 aromatic heterocycles. The summed E-state index contributed by atoms with van der Waals surface area (Å²) in [5, 5.41) is 11.1. The van der Waals surface area contributed by atoms with Crippen molar-refractivity contribution in [2.75, 3.05) is 0 Å². The number of hydrogen-bond donors (Lipinski definition) is 1. The van der Waals surface area contributed by atoms with Crippen molar-refractivity contribution in [2.24, 2.45) is 11.8 Å². The summed E-state index contributed by atoms with van der Waals surface area (Å²) in [5.74, 6) is 2.22. The summed E-state index contributed by atoms with van der Waals surface area (Å²) in [6.07, 6.45) is 3.69. The molecule has 1 heterocycles. The smallest absolute Gasteiger partial charge is 0.112 e. The van der Waals surface area contributed by atoms with Gasteiger partial charge in [-0.3, -0.25) is 0 Å². The normalized spacial score (nSPS) is 29.9. The molecular weight excluding hydrogens is 260 g/mol. The molecule has 2 aromatic rings. The predicted octanol–water partition coefficient (Wildman–Crippen LogP) is 3.79. The van der Waals surface area contributed by atoms with E-state index in [1.807, 2.05) is 6.07 Å². The second-order valence-electron chi connectivity index (χ2n) is 7.02. The fraction of sp³-hybridized carbons (Fsp3) is 0.611. The zero-order chi connectivity index (χ0) is 15.0. The van der Waals surface area contributed by atoms with Crippen LogP contribution in [0.2, 0.25) is 0 Å². The van der Waals surface area contributed by atoms with Crippen molar-refractivity contribution < 1.29 is 5.11 Å². The van der Waals surface area contributed by atoms with Crippen molar-refractivity contribution in [3.05, 3.63) is 30.1 Å². The monoisotopic (exact) mass is 286 g/mol. The Kier molecular flexibility index (Phi) is 3.78. The summed E-state index contributed by atoms with van der Waals surface area (Å²) in [4.78, 5) is 4.78. The summed E-state index contributed by atoms with van der Waals surface area (Å²) >= 11 is 0. The van der Waals surface area contributed by atoms with E-state index in [1.54, 1.807) is 0 Å². The van der Waals surface area contributed by atoms with Crippen molar-refractivity contribution in [3.63, 3.8) is 0 Å². The summed E-state index contributed by atoms with van der Waals surface area (Å²) in [6, 6.07) is 8.25. The first kappa shape index (κ1) is 14.6. The average molecular weight is 286 g/mol. The van der Waals surface area contributed by atoms with Gasteiger partial charge in [0.2, 0.25) is 0 Å². The van der Waals surface area contributed by atoms with E-state index in [9.17, 15) is 5.11 Å². The maximum Gasteiger partial charge on any atom is 0.112 e. The van der Waals surface area contributed by atoms with Crippen molar-refractivity contribution in [2.45, 2.75) is 58.6 Å². The zero-order valence-electron chi connectivity index (χ0n) is 13.3. The van der Waals surface area contributed by atoms with E-state index in [2.05, 4.69) is 43.5 Å². The van der Waals surface area contributed by atoms with E-state index >= 15 is 0 Å². The molecular formula is C18H26N2O. The average Bonchev–Trinajstić information content (AvgIpc) is 2.72. The van der Waals surface area contributed by atoms with Gasteiger partial charge in [-0.1, -0.05) is 26.0 Å². The van der Waals surface area contributed by atoms with E-state index in [0.29, 0.717) is 18.3 Å². The molecule has 3 rings (SSSR count). The number of nitrogens with zero attached hydrogens (tertiary/aromatic N) is 2.